The summed E-state index contributed by atoms with van der Waals surface area (Å²) in [5, 5.41) is 11.3. The van der Waals surface area contributed by atoms with Gasteiger partial charge >= 0.3 is 11.9 Å². The largest absolute Gasteiger partial charge is 0.462 e. The molecular formula is C24H34BrN5O7. The van der Waals surface area contributed by atoms with Crippen molar-refractivity contribution in [1.29, 1.82) is 0 Å². The zero-order valence-corrected chi connectivity index (χ0v) is 23.4. The van der Waals surface area contributed by atoms with Gasteiger partial charge in [-0.2, -0.15) is 0 Å². The molecule has 1 saturated heterocycles. The Labute approximate surface area is 223 Å². The molecule has 13 heteroatoms. The van der Waals surface area contributed by atoms with Crippen molar-refractivity contribution >= 4 is 39.6 Å². The van der Waals surface area contributed by atoms with Gasteiger partial charge in [-0.3, -0.25) is 19.0 Å². The highest BCUT2D eigenvalue weighted by Gasteiger charge is 2.50. The number of nitrogen functional groups attached to an aromatic ring is 1. The van der Waals surface area contributed by atoms with Gasteiger partial charge in [0.05, 0.1) is 22.0 Å². The zero-order chi connectivity index (χ0) is 27.9. The van der Waals surface area contributed by atoms with E-state index >= 15 is 0 Å². The lowest BCUT2D eigenvalue weighted by Crippen LogP contribution is -2.42. The molecule has 0 aromatic heterocycles. The molecule has 1 amide bonds. The molecule has 0 radical (unpaired) electrons. The predicted octanol–water partition coefficient (Wildman–Crippen LogP) is 2.41. The minimum absolute atomic E-state index is 0.00527. The SMILES string of the molecule is CCC(C)(C)C(=O)OC[C@@H]1O[C@H](n2cnc(N)c3c(C(N)=O)c(Br)nc2-3)[C@@H](O)[C@@H]1OC(=O)C(C)(C)CC. The standard InChI is InChI=1S/C24H34BrN5O7/c1-7-23(3,4)21(33)35-9-11-15(37-22(34)24(5,6)8-2)14(31)20(36-11)30-10-28-17(26)13-12(18(27)32)16(25)29-19(13)30/h10-11,14-15,20,31H,7-9,26H2,1-6H3,(H2,27,32)/t11-,14-,15+,20-/m0/s1. The molecule has 0 aliphatic carbocycles. The minimum Gasteiger partial charge on any atom is -0.462 e. The molecule has 0 unspecified atom stereocenters. The van der Waals surface area contributed by atoms with Crippen LogP contribution in [0.5, 0.6) is 0 Å². The maximum absolute atomic E-state index is 12.9. The van der Waals surface area contributed by atoms with Gasteiger partial charge in [-0.15, -0.1) is 0 Å². The van der Waals surface area contributed by atoms with Crippen molar-refractivity contribution in [2.45, 2.75) is 78.9 Å². The third-order valence-corrected chi connectivity index (χ3v) is 7.60. The summed E-state index contributed by atoms with van der Waals surface area (Å²) in [6.07, 6.45) is -2.39. The molecule has 5 N–H and O–H groups in total. The quantitative estimate of drug-likeness (QED) is 0.370. The van der Waals surface area contributed by atoms with Gasteiger partial charge in [-0.05, 0) is 56.5 Å². The second-order valence-corrected chi connectivity index (χ2v) is 11.1. The number of nitrogens with zero attached hydrogens (tertiary/aromatic N) is 3. The van der Waals surface area contributed by atoms with Gasteiger partial charge in [-0.25, -0.2) is 9.97 Å². The average Bonchev–Trinajstić information content (AvgIpc) is 3.35. The lowest BCUT2D eigenvalue weighted by molar-refractivity contribution is -0.171. The summed E-state index contributed by atoms with van der Waals surface area (Å²) in [7, 11) is 0. The van der Waals surface area contributed by atoms with Gasteiger partial charge in [0.15, 0.2) is 12.3 Å². The third-order valence-electron chi connectivity index (χ3n) is 7.03. The minimum atomic E-state index is -1.40. The lowest BCUT2D eigenvalue weighted by atomic mass is 9.90. The number of aliphatic hydroxyl groups is 1. The number of rotatable bonds is 9. The highest BCUT2D eigenvalue weighted by Crippen LogP contribution is 2.40. The molecule has 37 heavy (non-hydrogen) atoms. The topological polar surface area (TPSA) is 182 Å². The normalized spacial score (nSPS) is 22.3. The van der Waals surface area contributed by atoms with E-state index in [9.17, 15) is 19.5 Å². The Hall–Kier alpha value is -2.77. The van der Waals surface area contributed by atoms with Crippen LogP contribution in [0.1, 0.15) is 71.0 Å². The number of aromatic nitrogens is 3. The van der Waals surface area contributed by atoms with Crippen molar-refractivity contribution in [2.24, 2.45) is 16.6 Å². The summed E-state index contributed by atoms with van der Waals surface area (Å²) < 4.78 is 18.8. The number of amides is 1. The van der Waals surface area contributed by atoms with E-state index in [4.69, 9.17) is 25.7 Å². The first-order valence-corrected chi connectivity index (χ1v) is 12.8. The van der Waals surface area contributed by atoms with Crippen LogP contribution < -0.4 is 11.5 Å². The molecule has 0 aromatic carbocycles. The van der Waals surface area contributed by atoms with Crippen LogP contribution in [0.2, 0.25) is 0 Å². The van der Waals surface area contributed by atoms with Gasteiger partial charge in [0.2, 0.25) is 0 Å². The van der Waals surface area contributed by atoms with Crippen LogP contribution in [0, 0.1) is 10.8 Å². The van der Waals surface area contributed by atoms with Crippen LogP contribution in [0.4, 0.5) is 5.82 Å². The molecule has 3 aliphatic rings. The molecule has 3 rings (SSSR count). The number of fused-ring (bicyclic) bond motifs is 1. The molecule has 4 atom stereocenters. The van der Waals surface area contributed by atoms with Crippen LogP contribution in [0.15, 0.2) is 10.9 Å². The highest BCUT2D eigenvalue weighted by molar-refractivity contribution is 9.10. The molecule has 0 aromatic rings. The number of carbonyl (C=O) groups excluding carboxylic acids is 3. The summed E-state index contributed by atoms with van der Waals surface area (Å²) in [6.45, 7) is 10.4. The van der Waals surface area contributed by atoms with E-state index in [-0.39, 0.29) is 34.0 Å². The van der Waals surface area contributed by atoms with Gasteiger partial charge in [0.1, 0.15) is 41.4 Å². The summed E-state index contributed by atoms with van der Waals surface area (Å²) >= 11 is 3.22. The molecule has 0 bridgehead atoms. The lowest BCUT2D eigenvalue weighted by Gasteiger charge is -2.27. The van der Waals surface area contributed by atoms with Crippen LogP contribution >= 0.6 is 15.9 Å². The Balaban J connectivity index is 1.98. The Morgan fingerprint density at radius 1 is 1.16 bits per heavy atom. The fourth-order valence-electron chi connectivity index (χ4n) is 3.66. The van der Waals surface area contributed by atoms with E-state index in [1.807, 2.05) is 13.8 Å². The first-order chi connectivity index (χ1) is 17.2. The van der Waals surface area contributed by atoms with Gasteiger partial charge in [0, 0.05) is 0 Å². The third kappa shape index (κ3) is 5.43. The number of halogens is 1. The van der Waals surface area contributed by atoms with Crippen molar-refractivity contribution in [3.8, 4) is 11.4 Å². The molecule has 3 aliphatic heterocycles. The Kier molecular flexibility index (Phi) is 8.20. The van der Waals surface area contributed by atoms with Crippen molar-refractivity contribution < 1.29 is 33.7 Å². The number of aliphatic hydroxyl groups excluding tert-OH is 1. The van der Waals surface area contributed by atoms with Gasteiger partial charge in [0.25, 0.3) is 5.91 Å². The molecule has 3 heterocycles. The molecule has 1 fully saturated rings. The number of carbonyl (C=O) groups is 3. The monoisotopic (exact) mass is 583 g/mol. The van der Waals surface area contributed by atoms with Crippen molar-refractivity contribution in [1.82, 2.24) is 14.5 Å². The Morgan fingerprint density at radius 2 is 1.76 bits per heavy atom. The van der Waals surface area contributed by atoms with E-state index in [2.05, 4.69) is 25.9 Å². The second kappa shape index (κ2) is 10.5. The second-order valence-electron chi connectivity index (χ2n) is 10.4. The van der Waals surface area contributed by atoms with E-state index in [1.165, 1.54) is 10.9 Å². The van der Waals surface area contributed by atoms with Crippen LogP contribution in [0.25, 0.3) is 11.4 Å². The number of esters is 2. The van der Waals surface area contributed by atoms with Crippen molar-refractivity contribution in [2.75, 3.05) is 12.3 Å². The molecule has 204 valence electrons. The predicted molar refractivity (Wildman–Crippen MR) is 136 cm³/mol. The summed E-state index contributed by atoms with van der Waals surface area (Å²) in [5.74, 6) is -1.59. The maximum atomic E-state index is 12.9. The Bertz CT molecular complexity index is 1160. The van der Waals surface area contributed by atoms with E-state index in [0.717, 1.165) is 0 Å². The molecule has 12 nitrogen and oxygen atoms in total. The van der Waals surface area contributed by atoms with E-state index in [1.54, 1.807) is 27.7 Å². The summed E-state index contributed by atoms with van der Waals surface area (Å²) in [6, 6.07) is 0. The highest BCUT2D eigenvalue weighted by atomic mass is 79.9. The number of anilines is 1. The maximum Gasteiger partial charge on any atom is 0.311 e. The smallest absolute Gasteiger partial charge is 0.311 e. The van der Waals surface area contributed by atoms with E-state index in [0.29, 0.717) is 12.8 Å². The fourth-order valence-corrected chi connectivity index (χ4v) is 4.22. The molecule has 0 spiro atoms. The molecular weight excluding hydrogens is 550 g/mol. The van der Waals surface area contributed by atoms with E-state index < -0.39 is 53.2 Å². The van der Waals surface area contributed by atoms with Crippen LogP contribution in [-0.4, -0.2) is 62.4 Å². The number of hydrogen-bond donors (Lipinski definition) is 3. The van der Waals surface area contributed by atoms with Crippen LogP contribution in [-0.2, 0) is 23.8 Å². The number of nitrogens with two attached hydrogens (primary N) is 2. The number of hydrogen-bond acceptors (Lipinski definition) is 10. The first-order valence-electron chi connectivity index (χ1n) is 12.0. The fraction of sp³-hybridized carbons (Fsp3) is 0.625. The van der Waals surface area contributed by atoms with Crippen molar-refractivity contribution in [3.05, 3.63) is 16.5 Å². The summed E-state index contributed by atoms with van der Waals surface area (Å²) in [5.41, 5.74) is 10.2. The van der Waals surface area contributed by atoms with Crippen molar-refractivity contribution in [3.63, 3.8) is 0 Å². The molecule has 0 saturated carbocycles. The number of primary amides is 1. The first kappa shape index (κ1) is 28.8. The van der Waals surface area contributed by atoms with Gasteiger partial charge in [-0.1, -0.05) is 13.8 Å². The number of ether oxygens (including phenoxy) is 3. The van der Waals surface area contributed by atoms with Crippen LogP contribution in [0.3, 0.4) is 0 Å². The average molecular weight is 584 g/mol. The van der Waals surface area contributed by atoms with Gasteiger partial charge < -0.3 is 30.8 Å². The Morgan fingerprint density at radius 3 is 2.32 bits per heavy atom. The summed E-state index contributed by atoms with van der Waals surface area (Å²) in [4.78, 5) is 46.0. The zero-order valence-electron chi connectivity index (χ0n) is 21.8.